The first-order valence-electron chi connectivity index (χ1n) is 6.39. The minimum absolute atomic E-state index is 0.150. The highest BCUT2D eigenvalue weighted by Gasteiger charge is 2.03. The Hall–Kier alpha value is -3.02. The lowest BCUT2D eigenvalue weighted by Gasteiger charge is -2.09. The van der Waals surface area contributed by atoms with Gasteiger partial charge < -0.3 is 21.7 Å². The van der Waals surface area contributed by atoms with Crippen LogP contribution in [-0.4, -0.2) is 18.5 Å². The van der Waals surface area contributed by atoms with E-state index in [1.54, 1.807) is 24.3 Å². The lowest BCUT2D eigenvalue weighted by Crippen LogP contribution is -2.22. The number of hydrogen-bond acceptors (Lipinski definition) is 3. The summed E-state index contributed by atoms with van der Waals surface area (Å²) in [5.41, 5.74) is 7.02. The molecule has 2 rings (SSSR count). The van der Waals surface area contributed by atoms with Crippen LogP contribution >= 0.6 is 0 Å². The Labute approximate surface area is 122 Å². The number of anilines is 3. The molecule has 0 bridgehead atoms. The van der Waals surface area contributed by atoms with E-state index in [-0.39, 0.29) is 12.5 Å². The van der Waals surface area contributed by atoms with Crippen molar-refractivity contribution in [1.82, 2.24) is 0 Å². The van der Waals surface area contributed by atoms with Crippen molar-refractivity contribution in [3.8, 4) is 0 Å². The predicted molar refractivity (Wildman–Crippen MR) is 83.2 cm³/mol. The van der Waals surface area contributed by atoms with Gasteiger partial charge in [-0.15, -0.1) is 0 Å². The number of benzene rings is 2. The highest BCUT2D eigenvalue weighted by Crippen LogP contribution is 2.14. The summed E-state index contributed by atoms with van der Waals surface area (Å²) in [6.07, 6.45) is 0. The van der Waals surface area contributed by atoms with Crippen LogP contribution < -0.4 is 21.7 Å². The molecule has 0 saturated carbocycles. The van der Waals surface area contributed by atoms with Crippen molar-refractivity contribution in [1.29, 1.82) is 0 Å². The summed E-state index contributed by atoms with van der Waals surface area (Å²) in [5.74, 6) is -0.185. The zero-order valence-electron chi connectivity index (χ0n) is 11.3. The molecule has 0 fully saturated rings. The molecular formula is C15H16N4O2. The van der Waals surface area contributed by atoms with Crippen LogP contribution in [0.5, 0.6) is 0 Å². The van der Waals surface area contributed by atoms with E-state index in [9.17, 15) is 9.59 Å². The number of carbonyl (C=O) groups is 2. The van der Waals surface area contributed by atoms with E-state index in [1.807, 2.05) is 30.3 Å². The quantitative estimate of drug-likeness (QED) is 0.678. The van der Waals surface area contributed by atoms with Crippen LogP contribution in [0.15, 0.2) is 54.6 Å². The Balaban J connectivity index is 1.89. The van der Waals surface area contributed by atoms with Crippen LogP contribution in [0, 0.1) is 0 Å². The minimum atomic E-state index is -0.649. The van der Waals surface area contributed by atoms with Gasteiger partial charge in [0.05, 0.1) is 6.54 Å². The van der Waals surface area contributed by atoms with E-state index in [0.717, 1.165) is 5.69 Å². The molecular weight excluding hydrogens is 268 g/mol. The maximum atomic E-state index is 11.8. The van der Waals surface area contributed by atoms with E-state index < -0.39 is 6.03 Å². The number of nitrogens with one attached hydrogen (secondary N) is 3. The molecule has 108 valence electrons. The number of para-hydroxylation sites is 1. The zero-order chi connectivity index (χ0) is 15.1. The van der Waals surface area contributed by atoms with Crippen LogP contribution in [0.25, 0.3) is 0 Å². The molecule has 0 aliphatic rings. The van der Waals surface area contributed by atoms with Gasteiger partial charge in [-0.05, 0) is 30.3 Å². The molecule has 21 heavy (non-hydrogen) atoms. The van der Waals surface area contributed by atoms with E-state index in [4.69, 9.17) is 5.73 Å². The number of hydrogen-bond donors (Lipinski definition) is 4. The van der Waals surface area contributed by atoms with Gasteiger partial charge in [0.1, 0.15) is 0 Å². The van der Waals surface area contributed by atoms with Gasteiger partial charge in [0.25, 0.3) is 0 Å². The first-order valence-corrected chi connectivity index (χ1v) is 6.39. The Morgan fingerprint density at radius 3 is 2.14 bits per heavy atom. The molecule has 0 aliphatic carbocycles. The van der Waals surface area contributed by atoms with Crippen molar-refractivity contribution in [2.45, 2.75) is 0 Å². The van der Waals surface area contributed by atoms with Gasteiger partial charge in [-0.2, -0.15) is 0 Å². The number of primary amides is 1. The van der Waals surface area contributed by atoms with Crippen LogP contribution in [0.1, 0.15) is 0 Å². The third kappa shape index (κ3) is 4.87. The van der Waals surface area contributed by atoms with Gasteiger partial charge >= 0.3 is 6.03 Å². The van der Waals surface area contributed by atoms with Crippen LogP contribution in [0.3, 0.4) is 0 Å². The second-order valence-corrected chi connectivity index (χ2v) is 4.34. The molecule has 0 heterocycles. The third-order valence-electron chi connectivity index (χ3n) is 2.64. The van der Waals surface area contributed by atoms with E-state index in [2.05, 4.69) is 16.0 Å². The molecule has 0 unspecified atom stereocenters. The van der Waals surface area contributed by atoms with Crippen LogP contribution in [0.4, 0.5) is 21.9 Å². The lowest BCUT2D eigenvalue weighted by atomic mass is 10.2. The number of rotatable bonds is 5. The minimum Gasteiger partial charge on any atom is -0.376 e. The zero-order valence-corrected chi connectivity index (χ0v) is 11.3. The summed E-state index contributed by atoms with van der Waals surface area (Å²) in [6.45, 7) is 0.150. The predicted octanol–water partition coefficient (Wildman–Crippen LogP) is 2.23. The second kappa shape index (κ2) is 6.95. The maximum absolute atomic E-state index is 11.8. The molecule has 3 amide bonds. The van der Waals surface area contributed by atoms with Crippen molar-refractivity contribution in [3.05, 3.63) is 54.6 Å². The monoisotopic (exact) mass is 284 g/mol. The summed E-state index contributed by atoms with van der Waals surface area (Å²) in [7, 11) is 0. The number of urea groups is 1. The molecule has 2 aromatic carbocycles. The fraction of sp³-hybridized carbons (Fsp3) is 0.0667. The van der Waals surface area contributed by atoms with Crippen molar-refractivity contribution in [2.75, 3.05) is 22.5 Å². The molecule has 5 N–H and O–H groups in total. The Morgan fingerprint density at radius 2 is 1.48 bits per heavy atom. The molecule has 2 aromatic rings. The summed E-state index contributed by atoms with van der Waals surface area (Å²) in [4.78, 5) is 22.6. The SMILES string of the molecule is NC(=O)Nc1cccc(NC(=O)CNc2ccccc2)c1. The van der Waals surface area contributed by atoms with Crippen molar-refractivity contribution >= 4 is 29.0 Å². The van der Waals surface area contributed by atoms with Gasteiger partial charge in [0.15, 0.2) is 0 Å². The fourth-order valence-corrected chi connectivity index (χ4v) is 1.76. The summed E-state index contributed by atoms with van der Waals surface area (Å²) in [6, 6.07) is 15.5. The number of carbonyl (C=O) groups excluding carboxylic acids is 2. The molecule has 0 radical (unpaired) electrons. The number of nitrogens with two attached hydrogens (primary N) is 1. The van der Waals surface area contributed by atoms with Gasteiger partial charge in [-0.25, -0.2) is 4.79 Å². The van der Waals surface area contributed by atoms with Crippen molar-refractivity contribution in [3.63, 3.8) is 0 Å². The Kier molecular flexibility index (Phi) is 4.76. The summed E-state index contributed by atoms with van der Waals surface area (Å²) in [5, 5.41) is 8.19. The van der Waals surface area contributed by atoms with Gasteiger partial charge in [-0.1, -0.05) is 24.3 Å². The van der Waals surface area contributed by atoms with Crippen LogP contribution in [0.2, 0.25) is 0 Å². The average molecular weight is 284 g/mol. The van der Waals surface area contributed by atoms with Crippen LogP contribution in [-0.2, 0) is 4.79 Å². The topological polar surface area (TPSA) is 96.2 Å². The van der Waals surface area contributed by atoms with Crippen molar-refractivity contribution in [2.24, 2.45) is 5.73 Å². The molecule has 0 aliphatic heterocycles. The van der Waals surface area contributed by atoms with Crippen molar-refractivity contribution < 1.29 is 9.59 Å². The number of amides is 3. The highest BCUT2D eigenvalue weighted by atomic mass is 16.2. The summed E-state index contributed by atoms with van der Waals surface area (Å²) < 4.78 is 0. The highest BCUT2D eigenvalue weighted by molar-refractivity contribution is 5.95. The van der Waals surface area contributed by atoms with Gasteiger partial charge in [0, 0.05) is 17.1 Å². The second-order valence-electron chi connectivity index (χ2n) is 4.34. The van der Waals surface area contributed by atoms with Gasteiger partial charge in [0.2, 0.25) is 5.91 Å². The average Bonchev–Trinajstić information content (AvgIpc) is 2.46. The van der Waals surface area contributed by atoms with Gasteiger partial charge in [-0.3, -0.25) is 4.79 Å². The standard InChI is InChI=1S/C15H16N4O2/c16-15(21)19-13-8-4-7-12(9-13)18-14(20)10-17-11-5-2-1-3-6-11/h1-9,17H,10H2,(H,18,20)(H3,16,19,21). The fourth-order valence-electron chi connectivity index (χ4n) is 1.76. The molecule has 6 heteroatoms. The summed E-state index contributed by atoms with van der Waals surface area (Å²) >= 11 is 0. The Morgan fingerprint density at radius 1 is 0.857 bits per heavy atom. The molecule has 6 nitrogen and oxygen atoms in total. The molecule has 0 saturated heterocycles. The van der Waals surface area contributed by atoms with E-state index in [1.165, 1.54) is 0 Å². The maximum Gasteiger partial charge on any atom is 0.316 e. The van der Waals surface area contributed by atoms with E-state index in [0.29, 0.717) is 11.4 Å². The lowest BCUT2D eigenvalue weighted by molar-refractivity contribution is -0.114. The molecule has 0 spiro atoms. The Bertz CT molecular complexity index is 629. The molecule has 0 atom stereocenters. The largest absolute Gasteiger partial charge is 0.376 e. The molecule has 0 aromatic heterocycles. The smallest absolute Gasteiger partial charge is 0.316 e. The normalized spacial score (nSPS) is 9.71. The first kappa shape index (κ1) is 14.4. The first-order chi connectivity index (χ1) is 10.1. The van der Waals surface area contributed by atoms with E-state index >= 15 is 0 Å². The third-order valence-corrected chi connectivity index (χ3v) is 2.64.